The molecule has 8 heteroatoms. The van der Waals surface area contributed by atoms with E-state index in [1.807, 2.05) is 0 Å². The fourth-order valence-electron chi connectivity index (χ4n) is 2.32. The van der Waals surface area contributed by atoms with Crippen molar-refractivity contribution in [2.75, 3.05) is 6.54 Å². The number of carboxylic acids is 1. The van der Waals surface area contributed by atoms with Crippen molar-refractivity contribution in [3.63, 3.8) is 0 Å². The van der Waals surface area contributed by atoms with Crippen molar-refractivity contribution in [2.24, 2.45) is 5.41 Å². The van der Waals surface area contributed by atoms with Crippen LogP contribution in [-0.4, -0.2) is 33.7 Å². The van der Waals surface area contributed by atoms with Gasteiger partial charge in [-0.3, -0.25) is 9.59 Å². The zero-order valence-electron chi connectivity index (χ0n) is 13.7. The number of carboxylic acid groups (broad SMARTS) is 1. The molecule has 2 N–H and O–H groups in total. The summed E-state index contributed by atoms with van der Waals surface area (Å²) in [5.74, 6) is -0.391. The van der Waals surface area contributed by atoms with Crippen LogP contribution in [0.15, 0.2) is 27.5 Å². The lowest BCUT2D eigenvalue weighted by Gasteiger charge is -2.26. The minimum absolute atomic E-state index is 0.109. The standard InChI is InChI=1S/C16H21N3O5/c1-3-16(4-2,15(21)22)10-17-12(20)5-6-13-18-14(19-24-13)11-7-8-23-9-11/h7-9H,3-6,10H2,1-2H3,(H,17,20)(H,21,22). The SMILES string of the molecule is CCC(CC)(CNC(=O)CCc1nc(-c2ccoc2)no1)C(=O)O. The number of carbonyl (C=O) groups is 2. The fraction of sp³-hybridized carbons (Fsp3) is 0.500. The summed E-state index contributed by atoms with van der Waals surface area (Å²) in [5, 5.41) is 15.8. The van der Waals surface area contributed by atoms with E-state index in [1.54, 1.807) is 19.9 Å². The van der Waals surface area contributed by atoms with E-state index < -0.39 is 11.4 Å². The van der Waals surface area contributed by atoms with Gasteiger partial charge < -0.3 is 19.4 Å². The third kappa shape index (κ3) is 4.01. The van der Waals surface area contributed by atoms with Crippen LogP contribution >= 0.6 is 0 Å². The molecule has 0 atom stereocenters. The molecule has 0 aliphatic heterocycles. The Morgan fingerprint density at radius 1 is 1.33 bits per heavy atom. The van der Waals surface area contributed by atoms with Crippen molar-refractivity contribution in [1.29, 1.82) is 0 Å². The minimum atomic E-state index is -0.922. The first-order valence-corrected chi connectivity index (χ1v) is 7.86. The van der Waals surface area contributed by atoms with Gasteiger partial charge >= 0.3 is 5.97 Å². The van der Waals surface area contributed by atoms with Crippen molar-refractivity contribution in [1.82, 2.24) is 15.5 Å². The first-order valence-electron chi connectivity index (χ1n) is 7.86. The van der Waals surface area contributed by atoms with E-state index in [2.05, 4.69) is 15.5 Å². The lowest BCUT2D eigenvalue weighted by atomic mass is 9.82. The van der Waals surface area contributed by atoms with Crippen LogP contribution in [-0.2, 0) is 16.0 Å². The lowest BCUT2D eigenvalue weighted by Crippen LogP contribution is -2.42. The van der Waals surface area contributed by atoms with Crippen LogP contribution in [0.2, 0.25) is 0 Å². The molecule has 0 spiro atoms. The van der Waals surface area contributed by atoms with E-state index in [9.17, 15) is 14.7 Å². The number of aryl methyl sites for hydroxylation is 1. The van der Waals surface area contributed by atoms with Crippen LogP contribution in [0.5, 0.6) is 0 Å². The molecule has 2 aromatic rings. The summed E-state index contributed by atoms with van der Waals surface area (Å²) in [6, 6.07) is 1.71. The number of nitrogens with one attached hydrogen (secondary N) is 1. The van der Waals surface area contributed by atoms with Crippen LogP contribution < -0.4 is 5.32 Å². The number of furan rings is 1. The summed E-state index contributed by atoms with van der Waals surface area (Å²) in [5.41, 5.74) is -0.221. The van der Waals surface area contributed by atoms with Gasteiger partial charge in [-0.15, -0.1) is 0 Å². The molecule has 8 nitrogen and oxygen atoms in total. The second kappa shape index (κ2) is 7.76. The van der Waals surface area contributed by atoms with Crippen LogP contribution in [0, 0.1) is 5.41 Å². The monoisotopic (exact) mass is 335 g/mol. The normalized spacial score (nSPS) is 11.4. The van der Waals surface area contributed by atoms with E-state index in [1.165, 1.54) is 12.5 Å². The van der Waals surface area contributed by atoms with Crippen molar-refractivity contribution in [3.05, 3.63) is 24.5 Å². The van der Waals surface area contributed by atoms with Crippen molar-refractivity contribution < 1.29 is 23.6 Å². The number of rotatable bonds is 9. The Bertz CT molecular complexity index is 674. The third-order valence-electron chi connectivity index (χ3n) is 4.24. The summed E-state index contributed by atoms with van der Waals surface area (Å²) in [6.07, 6.45) is 4.36. The second-order valence-electron chi connectivity index (χ2n) is 5.59. The maximum absolute atomic E-state index is 11.9. The van der Waals surface area contributed by atoms with Crippen LogP contribution in [0.4, 0.5) is 0 Å². The number of amides is 1. The molecule has 0 aliphatic rings. The van der Waals surface area contributed by atoms with Gasteiger partial charge in [-0.1, -0.05) is 19.0 Å². The van der Waals surface area contributed by atoms with Gasteiger partial charge in [-0.25, -0.2) is 0 Å². The molecule has 0 saturated carbocycles. The van der Waals surface area contributed by atoms with Crippen molar-refractivity contribution >= 4 is 11.9 Å². The van der Waals surface area contributed by atoms with E-state index >= 15 is 0 Å². The molecule has 0 saturated heterocycles. The maximum Gasteiger partial charge on any atom is 0.311 e. The lowest BCUT2D eigenvalue weighted by molar-refractivity contribution is -0.149. The van der Waals surface area contributed by atoms with Crippen LogP contribution in [0.25, 0.3) is 11.4 Å². The zero-order valence-corrected chi connectivity index (χ0v) is 13.7. The Morgan fingerprint density at radius 3 is 2.67 bits per heavy atom. The molecule has 0 fully saturated rings. The Balaban J connectivity index is 1.84. The average Bonchev–Trinajstić information content (AvgIpc) is 3.25. The van der Waals surface area contributed by atoms with Gasteiger partial charge in [0.1, 0.15) is 6.26 Å². The molecule has 2 heterocycles. The van der Waals surface area contributed by atoms with Crippen LogP contribution in [0.3, 0.4) is 0 Å². The Hall–Kier alpha value is -2.64. The number of nitrogens with zero attached hydrogens (tertiary/aromatic N) is 2. The minimum Gasteiger partial charge on any atom is -0.481 e. The quantitative estimate of drug-likeness (QED) is 0.721. The van der Waals surface area contributed by atoms with Crippen molar-refractivity contribution in [2.45, 2.75) is 39.5 Å². The number of aliphatic carboxylic acids is 1. The predicted octanol–water partition coefficient (Wildman–Crippen LogP) is 2.27. The highest BCUT2D eigenvalue weighted by Crippen LogP contribution is 2.25. The zero-order chi connectivity index (χ0) is 17.6. The van der Waals surface area contributed by atoms with Crippen molar-refractivity contribution in [3.8, 4) is 11.4 Å². The van der Waals surface area contributed by atoms with Gasteiger partial charge in [0.2, 0.25) is 17.6 Å². The molecule has 0 bridgehead atoms. The van der Waals surface area contributed by atoms with Gasteiger partial charge in [0.15, 0.2) is 0 Å². The molecule has 2 rings (SSSR count). The predicted molar refractivity (Wildman–Crippen MR) is 84.0 cm³/mol. The molecule has 2 aromatic heterocycles. The molecular formula is C16H21N3O5. The number of hydrogen-bond acceptors (Lipinski definition) is 6. The highest BCUT2D eigenvalue weighted by atomic mass is 16.5. The number of aromatic nitrogens is 2. The average molecular weight is 335 g/mol. The summed E-state index contributed by atoms with van der Waals surface area (Å²) < 4.78 is 10.0. The second-order valence-corrected chi connectivity index (χ2v) is 5.59. The smallest absolute Gasteiger partial charge is 0.311 e. The van der Waals surface area contributed by atoms with Gasteiger partial charge in [-0.2, -0.15) is 4.98 Å². The summed E-state index contributed by atoms with van der Waals surface area (Å²) in [7, 11) is 0. The summed E-state index contributed by atoms with van der Waals surface area (Å²) in [6.45, 7) is 3.72. The molecule has 1 amide bonds. The van der Waals surface area contributed by atoms with E-state index in [0.717, 1.165) is 0 Å². The number of hydrogen-bond donors (Lipinski definition) is 2. The van der Waals surface area contributed by atoms with Gasteiger partial charge in [-0.05, 0) is 18.9 Å². The Morgan fingerprint density at radius 2 is 2.08 bits per heavy atom. The number of carbonyl (C=O) groups excluding carboxylic acids is 1. The third-order valence-corrected chi connectivity index (χ3v) is 4.24. The van der Waals surface area contributed by atoms with E-state index in [0.29, 0.717) is 30.1 Å². The highest BCUT2D eigenvalue weighted by Gasteiger charge is 2.35. The first-order chi connectivity index (χ1) is 11.5. The molecule has 130 valence electrons. The van der Waals surface area contributed by atoms with Crippen LogP contribution in [0.1, 0.15) is 39.0 Å². The molecule has 0 unspecified atom stereocenters. The molecule has 0 radical (unpaired) electrons. The van der Waals surface area contributed by atoms with Gasteiger partial charge in [0.05, 0.1) is 17.2 Å². The fourth-order valence-corrected chi connectivity index (χ4v) is 2.32. The molecule has 0 aliphatic carbocycles. The van der Waals surface area contributed by atoms with E-state index in [4.69, 9.17) is 8.94 Å². The van der Waals surface area contributed by atoms with Gasteiger partial charge in [0.25, 0.3) is 0 Å². The topological polar surface area (TPSA) is 118 Å². The molecule has 0 aromatic carbocycles. The van der Waals surface area contributed by atoms with Gasteiger partial charge in [0, 0.05) is 19.4 Å². The molecule has 24 heavy (non-hydrogen) atoms. The maximum atomic E-state index is 11.9. The van der Waals surface area contributed by atoms with E-state index in [-0.39, 0.29) is 25.3 Å². The first kappa shape index (κ1) is 17.7. The largest absolute Gasteiger partial charge is 0.481 e. The Labute approximate surface area is 139 Å². The summed E-state index contributed by atoms with van der Waals surface area (Å²) >= 11 is 0. The molecular weight excluding hydrogens is 314 g/mol. The summed E-state index contributed by atoms with van der Waals surface area (Å²) in [4.78, 5) is 27.5. The Kier molecular flexibility index (Phi) is 5.73. The highest BCUT2D eigenvalue weighted by molar-refractivity contribution is 5.79.